The van der Waals surface area contributed by atoms with E-state index in [9.17, 15) is 4.79 Å². The maximum atomic E-state index is 12.6. The molecule has 0 saturated carbocycles. The summed E-state index contributed by atoms with van der Waals surface area (Å²) in [6, 6.07) is 9.92. The highest BCUT2D eigenvalue weighted by Gasteiger charge is 2.32. The van der Waals surface area contributed by atoms with Crippen molar-refractivity contribution in [2.24, 2.45) is 13.0 Å². The molecule has 2 aromatic rings. The Hall–Kier alpha value is -1.99. The van der Waals surface area contributed by atoms with Gasteiger partial charge < -0.3 is 14.6 Å². The SMILES string of the molecule is Cn1c(CNC(=O)[C@H]2CCCO[C@@H]2c2ccccc2)n[nH]c1=S. The summed E-state index contributed by atoms with van der Waals surface area (Å²) in [7, 11) is 1.82. The quantitative estimate of drug-likeness (QED) is 0.843. The largest absolute Gasteiger partial charge is 0.373 e. The molecule has 0 aliphatic carbocycles. The average molecular weight is 332 g/mol. The number of nitrogens with one attached hydrogen (secondary N) is 2. The maximum absolute atomic E-state index is 12.6. The van der Waals surface area contributed by atoms with Crippen molar-refractivity contribution in [3.63, 3.8) is 0 Å². The Kier molecular flexibility index (Phi) is 4.88. The molecule has 0 unspecified atom stereocenters. The van der Waals surface area contributed by atoms with Gasteiger partial charge in [0, 0.05) is 13.7 Å². The lowest BCUT2D eigenvalue weighted by Crippen LogP contribution is -2.37. The number of aromatic amines is 1. The van der Waals surface area contributed by atoms with E-state index >= 15 is 0 Å². The van der Waals surface area contributed by atoms with Gasteiger partial charge in [-0.2, -0.15) is 5.10 Å². The molecular formula is C16H20N4O2S. The standard InChI is InChI=1S/C16H20N4O2S/c1-20-13(18-19-16(20)23)10-17-15(21)12-8-5-9-22-14(12)11-6-3-2-4-7-11/h2-4,6-7,12,14H,5,8-10H2,1H3,(H,17,21)(H,19,23)/t12-,14+/m0/s1. The van der Waals surface area contributed by atoms with Crippen LogP contribution in [-0.4, -0.2) is 27.3 Å². The zero-order chi connectivity index (χ0) is 16.2. The lowest BCUT2D eigenvalue weighted by molar-refractivity contribution is -0.135. The van der Waals surface area contributed by atoms with Crippen LogP contribution in [0, 0.1) is 10.7 Å². The molecule has 0 radical (unpaired) electrons. The van der Waals surface area contributed by atoms with Gasteiger partial charge in [0.25, 0.3) is 0 Å². The average Bonchev–Trinajstić information content (AvgIpc) is 2.92. The molecule has 0 spiro atoms. The number of carbonyl (C=O) groups excluding carboxylic acids is 1. The van der Waals surface area contributed by atoms with E-state index in [-0.39, 0.29) is 17.9 Å². The van der Waals surface area contributed by atoms with Crippen LogP contribution < -0.4 is 5.32 Å². The van der Waals surface area contributed by atoms with Crippen LogP contribution in [0.2, 0.25) is 0 Å². The number of hydrogen-bond acceptors (Lipinski definition) is 4. The first-order chi connectivity index (χ1) is 11.2. The molecule has 2 heterocycles. The molecule has 1 saturated heterocycles. The number of benzene rings is 1. The molecule has 122 valence electrons. The third-order valence-corrected chi connectivity index (χ3v) is 4.55. The monoisotopic (exact) mass is 332 g/mol. The first kappa shape index (κ1) is 15.9. The number of ether oxygens (including phenoxy) is 1. The molecule has 23 heavy (non-hydrogen) atoms. The molecule has 7 heteroatoms. The number of carbonyl (C=O) groups is 1. The van der Waals surface area contributed by atoms with Crippen molar-refractivity contribution in [2.75, 3.05) is 6.61 Å². The highest BCUT2D eigenvalue weighted by atomic mass is 32.1. The molecule has 3 rings (SSSR count). The number of H-pyrrole nitrogens is 1. The van der Waals surface area contributed by atoms with E-state index < -0.39 is 0 Å². The minimum absolute atomic E-state index is 0.00697. The van der Waals surface area contributed by atoms with E-state index in [1.807, 2.05) is 37.4 Å². The number of hydrogen-bond donors (Lipinski definition) is 2. The summed E-state index contributed by atoms with van der Waals surface area (Å²) >= 11 is 5.07. The van der Waals surface area contributed by atoms with Gasteiger partial charge >= 0.3 is 0 Å². The normalized spacial score (nSPS) is 21.1. The summed E-state index contributed by atoms with van der Waals surface area (Å²) in [5, 5.41) is 9.78. The minimum Gasteiger partial charge on any atom is -0.373 e. The van der Waals surface area contributed by atoms with Crippen molar-refractivity contribution in [3.05, 3.63) is 46.5 Å². The smallest absolute Gasteiger partial charge is 0.226 e. The third kappa shape index (κ3) is 3.51. The second kappa shape index (κ2) is 7.06. The fourth-order valence-electron chi connectivity index (χ4n) is 2.86. The van der Waals surface area contributed by atoms with Gasteiger partial charge in [0.2, 0.25) is 5.91 Å². The van der Waals surface area contributed by atoms with Crippen molar-refractivity contribution < 1.29 is 9.53 Å². The first-order valence-electron chi connectivity index (χ1n) is 7.71. The van der Waals surface area contributed by atoms with E-state index in [2.05, 4.69) is 15.5 Å². The van der Waals surface area contributed by atoms with Gasteiger partial charge in [0.1, 0.15) is 0 Å². The molecule has 2 N–H and O–H groups in total. The van der Waals surface area contributed by atoms with Gasteiger partial charge in [0.05, 0.1) is 18.6 Å². The van der Waals surface area contributed by atoms with Crippen molar-refractivity contribution in [1.29, 1.82) is 0 Å². The molecule has 1 aromatic heterocycles. The first-order valence-corrected chi connectivity index (χ1v) is 8.12. The highest BCUT2D eigenvalue weighted by molar-refractivity contribution is 7.71. The molecule has 1 fully saturated rings. The lowest BCUT2D eigenvalue weighted by atomic mass is 9.89. The lowest BCUT2D eigenvalue weighted by Gasteiger charge is -2.31. The van der Waals surface area contributed by atoms with E-state index in [4.69, 9.17) is 17.0 Å². The summed E-state index contributed by atoms with van der Waals surface area (Å²) in [6.45, 7) is 1.04. The molecule has 6 nitrogen and oxygen atoms in total. The summed E-state index contributed by atoms with van der Waals surface area (Å²) < 4.78 is 8.16. The molecule has 2 atom stereocenters. The predicted octanol–water partition coefficient (Wildman–Crippen LogP) is 2.26. The number of rotatable bonds is 4. The van der Waals surface area contributed by atoms with Gasteiger partial charge in [-0.1, -0.05) is 30.3 Å². The van der Waals surface area contributed by atoms with Crippen molar-refractivity contribution >= 4 is 18.1 Å². The van der Waals surface area contributed by atoms with Gasteiger partial charge in [-0.05, 0) is 30.6 Å². The van der Waals surface area contributed by atoms with Crippen LogP contribution in [0.1, 0.15) is 30.3 Å². The van der Waals surface area contributed by atoms with Gasteiger partial charge in [-0.25, -0.2) is 0 Å². The Morgan fingerprint density at radius 3 is 2.96 bits per heavy atom. The van der Waals surface area contributed by atoms with Crippen LogP contribution in [0.5, 0.6) is 0 Å². The van der Waals surface area contributed by atoms with Crippen LogP contribution in [0.3, 0.4) is 0 Å². The Morgan fingerprint density at radius 2 is 2.26 bits per heavy atom. The number of amides is 1. The third-order valence-electron chi connectivity index (χ3n) is 4.18. The molecule has 0 bridgehead atoms. The van der Waals surface area contributed by atoms with Gasteiger partial charge in [-0.3, -0.25) is 9.89 Å². The number of aromatic nitrogens is 3. The zero-order valence-corrected chi connectivity index (χ0v) is 13.8. The van der Waals surface area contributed by atoms with Crippen LogP contribution >= 0.6 is 12.2 Å². The van der Waals surface area contributed by atoms with E-state index in [0.29, 0.717) is 23.7 Å². The summed E-state index contributed by atoms with van der Waals surface area (Å²) in [4.78, 5) is 12.6. The Balaban J connectivity index is 1.69. The summed E-state index contributed by atoms with van der Waals surface area (Å²) in [6.07, 6.45) is 1.53. The fourth-order valence-corrected chi connectivity index (χ4v) is 3.01. The molecular weight excluding hydrogens is 312 g/mol. The van der Waals surface area contributed by atoms with Crippen LogP contribution in [0.15, 0.2) is 30.3 Å². The van der Waals surface area contributed by atoms with Crippen molar-refractivity contribution in [1.82, 2.24) is 20.1 Å². The second-order valence-electron chi connectivity index (χ2n) is 5.67. The van der Waals surface area contributed by atoms with Gasteiger partial charge in [-0.15, -0.1) is 0 Å². The van der Waals surface area contributed by atoms with E-state index in [1.54, 1.807) is 4.57 Å². The predicted molar refractivity (Wildman–Crippen MR) is 88.1 cm³/mol. The van der Waals surface area contributed by atoms with Crippen LogP contribution in [-0.2, 0) is 23.1 Å². The van der Waals surface area contributed by atoms with Gasteiger partial charge in [0.15, 0.2) is 10.6 Å². The second-order valence-corrected chi connectivity index (χ2v) is 6.06. The highest BCUT2D eigenvalue weighted by Crippen LogP contribution is 2.33. The van der Waals surface area contributed by atoms with Crippen LogP contribution in [0.25, 0.3) is 0 Å². The Bertz CT molecular complexity index is 725. The van der Waals surface area contributed by atoms with E-state index in [1.165, 1.54) is 0 Å². The van der Waals surface area contributed by atoms with Crippen LogP contribution in [0.4, 0.5) is 0 Å². The fraction of sp³-hybridized carbons (Fsp3) is 0.438. The maximum Gasteiger partial charge on any atom is 0.226 e. The molecule has 1 aliphatic rings. The summed E-state index contributed by atoms with van der Waals surface area (Å²) in [5.41, 5.74) is 1.05. The van der Waals surface area contributed by atoms with E-state index in [0.717, 1.165) is 18.4 Å². The minimum atomic E-state index is -0.188. The zero-order valence-electron chi connectivity index (χ0n) is 13.0. The Morgan fingerprint density at radius 1 is 1.48 bits per heavy atom. The number of nitrogens with zero attached hydrogens (tertiary/aromatic N) is 2. The van der Waals surface area contributed by atoms with Crippen molar-refractivity contribution in [2.45, 2.75) is 25.5 Å². The topological polar surface area (TPSA) is 71.9 Å². The Labute approximate surface area is 139 Å². The molecule has 1 amide bonds. The van der Waals surface area contributed by atoms with Crippen molar-refractivity contribution in [3.8, 4) is 0 Å². The summed E-state index contributed by atoms with van der Waals surface area (Å²) in [5.74, 6) is 0.516. The molecule has 1 aromatic carbocycles. The molecule has 1 aliphatic heterocycles.